The number of fused-ring (bicyclic) bond motifs is 2. The van der Waals surface area contributed by atoms with Crippen LogP contribution in [-0.2, 0) is 20.0 Å². The van der Waals surface area contributed by atoms with Crippen molar-refractivity contribution in [1.82, 2.24) is 19.2 Å². The minimum atomic E-state index is -3.87. The molecule has 2 aromatic rings. The smallest absolute Gasteiger partial charge is 0.243 e. The summed E-state index contributed by atoms with van der Waals surface area (Å²) in [6.07, 6.45) is 1.33. The van der Waals surface area contributed by atoms with E-state index in [0.717, 1.165) is 13.1 Å². The third-order valence-corrected chi connectivity index (χ3v) is 10.6. The van der Waals surface area contributed by atoms with Gasteiger partial charge in [0, 0.05) is 61.5 Å². The van der Waals surface area contributed by atoms with Crippen molar-refractivity contribution in [2.45, 2.75) is 22.6 Å². The normalized spacial score (nSPS) is 20.3. The second-order valence-electron chi connectivity index (χ2n) is 9.09. The molecule has 0 aromatic heterocycles. The molecule has 2 N–H and O–H groups in total. The summed E-state index contributed by atoms with van der Waals surface area (Å²) in [4.78, 5) is 26.5. The summed E-state index contributed by atoms with van der Waals surface area (Å²) in [5.41, 5.74) is 0.154. The van der Waals surface area contributed by atoms with Crippen molar-refractivity contribution in [2.24, 2.45) is 0 Å². The summed E-state index contributed by atoms with van der Waals surface area (Å²) in [6, 6.07) is 7.94. The van der Waals surface area contributed by atoms with E-state index in [4.69, 9.17) is 0 Å². The van der Waals surface area contributed by atoms with Gasteiger partial charge in [-0.1, -0.05) is 0 Å². The molecule has 2 heterocycles. The number of sulfonamides is 2. The molecule has 3 aliphatic rings. The molecule has 1 aliphatic carbocycles. The molecule has 0 atom stereocenters. The Kier molecular flexibility index (Phi) is 6.83. The fourth-order valence-corrected chi connectivity index (χ4v) is 7.86. The third kappa shape index (κ3) is 4.42. The van der Waals surface area contributed by atoms with E-state index in [1.807, 2.05) is 0 Å². The van der Waals surface area contributed by atoms with Gasteiger partial charge in [0.05, 0.1) is 9.79 Å². The summed E-state index contributed by atoms with van der Waals surface area (Å²) < 4.78 is 55.8. The predicted octanol–water partition coefficient (Wildman–Crippen LogP) is 0.430. The highest BCUT2D eigenvalue weighted by atomic mass is 32.2. The second-order valence-corrected chi connectivity index (χ2v) is 13.0. The average molecular weight is 533 g/mol. The third-order valence-electron chi connectivity index (χ3n) is 6.83. The SMILES string of the molecule is O=C1c2ccc(S(=O)(=O)N3CCCNCC3)cc2C(=O)c2cc(S(=O)(=O)N3CCCNCC3)ccc21. The quantitative estimate of drug-likeness (QED) is 0.494. The van der Waals surface area contributed by atoms with Crippen LogP contribution in [0.2, 0.25) is 0 Å². The zero-order chi connectivity index (χ0) is 25.5. The van der Waals surface area contributed by atoms with E-state index < -0.39 is 31.6 Å². The Labute approximate surface area is 210 Å². The highest BCUT2D eigenvalue weighted by molar-refractivity contribution is 7.89. The van der Waals surface area contributed by atoms with Crippen LogP contribution in [0.1, 0.15) is 44.7 Å². The van der Waals surface area contributed by atoms with Crippen molar-refractivity contribution in [3.63, 3.8) is 0 Å². The van der Waals surface area contributed by atoms with Crippen molar-refractivity contribution in [1.29, 1.82) is 0 Å². The monoisotopic (exact) mass is 532 g/mol. The van der Waals surface area contributed by atoms with Crippen LogP contribution >= 0.6 is 0 Å². The Morgan fingerprint density at radius 3 is 1.42 bits per heavy atom. The van der Waals surface area contributed by atoms with Gasteiger partial charge < -0.3 is 10.6 Å². The highest BCUT2D eigenvalue weighted by Gasteiger charge is 2.35. The first-order valence-electron chi connectivity index (χ1n) is 12.0. The largest absolute Gasteiger partial charge is 0.315 e. The van der Waals surface area contributed by atoms with Crippen LogP contribution in [-0.4, -0.2) is 89.4 Å². The first-order chi connectivity index (χ1) is 17.2. The van der Waals surface area contributed by atoms with Crippen LogP contribution in [0.5, 0.6) is 0 Å². The van der Waals surface area contributed by atoms with Crippen molar-refractivity contribution >= 4 is 31.6 Å². The molecule has 0 amide bonds. The Morgan fingerprint density at radius 1 is 0.556 bits per heavy atom. The molecule has 2 aromatic carbocycles. The fraction of sp³-hybridized carbons (Fsp3) is 0.417. The second kappa shape index (κ2) is 9.77. The molecular formula is C24H28N4O6S2. The minimum absolute atomic E-state index is 0.0324. The van der Waals surface area contributed by atoms with E-state index in [1.165, 1.54) is 45.0 Å². The number of ketones is 2. The molecule has 2 saturated heterocycles. The highest BCUT2D eigenvalue weighted by Crippen LogP contribution is 2.32. The molecule has 36 heavy (non-hydrogen) atoms. The maximum atomic E-state index is 13.5. The Morgan fingerprint density at radius 2 is 0.972 bits per heavy atom. The number of carbonyl (C=O) groups is 2. The molecule has 0 saturated carbocycles. The number of nitrogens with one attached hydrogen (secondary N) is 2. The number of carbonyl (C=O) groups excluding carboxylic acids is 2. The molecule has 0 radical (unpaired) electrons. The van der Waals surface area contributed by atoms with Crippen molar-refractivity contribution in [2.75, 3.05) is 52.4 Å². The molecule has 2 aliphatic heterocycles. The summed E-state index contributed by atoms with van der Waals surface area (Å²) in [5, 5.41) is 6.32. The molecule has 12 heteroatoms. The summed E-state index contributed by atoms with van der Waals surface area (Å²) in [7, 11) is -7.73. The van der Waals surface area contributed by atoms with E-state index in [-0.39, 0.29) is 32.0 Å². The predicted molar refractivity (Wildman–Crippen MR) is 132 cm³/mol. The van der Waals surface area contributed by atoms with Gasteiger partial charge in [-0.25, -0.2) is 16.8 Å². The van der Waals surface area contributed by atoms with Gasteiger partial charge in [0.15, 0.2) is 11.6 Å². The number of hydrogen-bond acceptors (Lipinski definition) is 8. The molecule has 0 spiro atoms. The van der Waals surface area contributed by atoms with Crippen LogP contribution < -0.4 is 10.6 Å². The average Bonchev–Trinajstić information content (AvgIpc) is 3.33. The van der Waals surface area contributed by atoms with Crippen molar-refractivity contribution in [3.8, 4) is 0 Å². The Hall–Kier alpha value is -2.48. The van der Waals surface area contributed by atoms with Crippen LogP contribution in [0.4, 0.5) is 0 Å². The van der Waals surface area contributed by atoms with Crippen molar-refractivity contribution in [3.05, 3.63) is 58.7 Å². The molecule has 0 unspecified atom stereocenters. The van der Waals surface area contributed by atoms with Gasteiger partial charge in [-0.2, -0.15) is 8.61 Å². The van der Waals surface area contributed by atoms with Gasteiger partial charge in [-0.15, -0.1) is 0 Å². The van der Waals surface area contributed by atoms with Gasteiger partial charge in [0.2, 0.25) is 20.0 Å². The number of rotatable bonds is 4. The lowest BCUT2D eigenvalue weighted by Crippen LogP contribution is -2.35. The van der Waals surface area contributed by atoms with Gasteiger partial charge >= 0.3 is 0 Å². The number of benzene rings is 2. The van der Waals surface area contributed by atoms with Crippen LogP contribution in [0.3, 0.4) is 0 Å². The van der Waals surface area contributed by atoms with Crippen molar-refractivity contribution < 1.29 is 26.4 Å². The maximum absolute atomic E-state index is 13.5. The summed E-state index contributed by atoms with van der Waals surface area (Å²) in [6.45, 7) is 3.83. The minimum Gasteiger partial charge on any atom is -0.315 e. The van der Waals surface area contributed by atoms with E-state index in [2.05, 4.69) is 10.6 Å². The molecule has 2 fully saturated rings. The van der Waals surface area contributed by atoms with Crippen LogP contribution in [0, 0.1) is 0 Å². The van der Waals surface area contributed by atoms with Crippen LogP contribution in [0.25, 0.3) is 0 Å². The first kappa shape index (κ1) is 25.2. The fourth-order valence-electron chi connectivity index (χ4n) is 4.85. The lowest BCUT2D eigenvalue weighted by Gasteiger charge is -2.23. The van der Waals surface area contributed by atoms with E-state index in [9.17, 15) is 26.4 Å². The van der Waals surface area contributed by atoms with E-state index >= 15 is 0 Å². The molecule has 5 rings (SSSR count). The molecule has 192 valence electrons. The van der Waals surface area contributed by atoms with Gasteiger partial charge in [-0.05, 0) is 62.3 Å². The zero-order valence-electron chi connectivity index (χ0n) is 19.7. The lowest BCUT2D eigenvalue weighted by molar-refractivity contribution is 0.0978. The summed E-state index contributed by atoms with van der Waals surface area (Å²) in [5.74, 6) is -1.01. The maximum Gasteiger partial charge on any atom is 0.243 e. The molecule has 0 bridgehead atoms. The summed E-state index contributed by atoms with van der Waals surface area (Å²) >= 11 is 0. The lowest BCUT2D eigenvalue weighted by atomic mass is 9.84. The number of nitrogens with zero attached hydrogens (tertiary/aromatic N) is 2. The first-order valence-corrected chi connectivity index (χ1v) is 14.9. The van der Waals surface area contributed by atoms with Gasteiger partial charge in [0.25, 0.3) is 0 Å². The Balaban J connectivity index is 1.52. The topological polar surface area (TPSA) is 133 Å². The molecular weight excluding hydrogens is 504 g/mol. The van der Waals surface area contributed by atoms with E-state index in [0.29, 0.717) is 52.1 Å². The standard InChI is InChI=1S/C24H28N4O6S2/c29-23-19-5-3-17(35(31,32)27-11-1-7-25-9-13-27)15-21(19)24(30)22-16-18(4-6-20(22)23)36(33,34)28-12-2-8-26-10-14-28/h3-6,15-16,25-26H,1-2,7-14H2. The van der Waals surface area contributed by atoms with Gasteiger partial charge in [0.1, 0.15) is 0 Å². The Bertz CT molecular complexity index is 1320. The van der Waals surface area contributed by atoms with E-state index in [1.54, 1.807) is 0 Å². The number of hydrogen-bond donors (Lipinski definition) is 2. The van der Waals surface area contributed by atoms with Gasteiger partial charge in [-0.3, -0.25) is 9.59 Å². The molecule has 10 nitrogen and oxygen atoms in total. The zero-order valence-corrected chi connectivity index (χ0v) is 21.3. The van der Waals surface area contributed by atoms with Crippen LogP contribution in [0.15, 0.2) is 46.2 Å².